The topological polar surface area (TPSA) is 43.2 Å². The first-order valence-corrected chi connectivity index (χ1v) is 2.55. The average molecular weight is 113 g/mol. The molecule has 3 nitrogen and oxygen atoms in total. The van der Waals surface area contributed by atoms with E-state index < -0.39 is 7.12 Å². The largest absolute Gasteiger partial charge is 0.560 e. The summed E-state index contributed by atoms with van der Waals surface area (Å²) in [5, 5.41) is 17.0. The summed E-state index contributed by atoms with van der Waals surface area (Å²) in [5.41, 5.74) is 0.731. The average Bonchev–Trinajstić information content (AvgIpc) is 2.13. The van der Waals surface area contributed by atoms with Gasteiger partial charge in [0.1, 0.15) is 5.47 Å². The monoisotopic (exact) mass is 113 g/mol. The second-order valence-corrected chi connectivity index (χ2v) is 2.12. The molecule has 0 aliphatic carbocycles. The number of fused-ring (bicyclic) bond motifs is 1. The van der Waals surface area contributed by atoms with Crippen LogP contribution in [0, 0.1) is 0 Å². The Morgan fingerprint density at radius 2 is 2.50 bits per heavy atom. The Balaban J connectivity index is 2.09. The van der Waals surface area contributed by atoms with Crippen molar-refractivity contribution in [3.05, 3.63) is 11.7 Å². The van der Waals surface area contributed by atoms with E-state index in [9.17, 15) is 0 Å². The van der Waals surface area contributed by atoms with Crippen LogP contribution in [0.2, 0.25) is 0 Å². The van der Waals surface area contributed by atoms with Gasteiger partial charge in [-0.1, -0.05) is 0 Å². The van der Waals surface area contributed by atoms with Gasteiger partial charge >= 0.3 is 7.12 Å². The molecular formula is C4H6BO3+. The van der Waals surface area contributed by atoms with Crippen molar-refractivity contribution in [3.8, 4) is 0 Å². The molecule has 1 saturated heterocycles. The summed E-state index contributed by atoms with van der Waals surface area (Å²) in [6, 6.07) is 0. The van der Waals surface area contributed by atoms with E-state index in [1.807, 2.05) is 0 Å². The summed E-state index contributed by atoms with van der Waals surface area (Å²) in [6.07, 6.45) is 2.00. The van der Waals surface area contributed by atoms with Crippen molar-refractivity contribution in [2.45, 2.75) is 6.10 Å². The Bertz CT molecular complexity index is 153. The first kappa shape index (κ1) is 4.41. The van der Waals surface area contributed by atoms with Gasteiger partial charge in [0.15, 0.2) is 0 Å². The Morgan fingerprint density at radius 1 is 1.75 bits per heavy atom. The van der Waals surface area contributed by atoms with Gasteiger partial charge in [-0.25, -0.2) is 0 Å². The summed E-state index contributed by atoms with van der Waals surface area (Å²) in [7, 11) is -1.23. The maximum atomic E-state index is 8.52. The van der Waals surface area contributed by atoms with Crippen molar-refractivity contribution < 1.29 is 14.4 Å². The van der Waals surface area contributed by atoms with Crippen molar-refractivity contribution >= 4 is 7.12 Å². The van der Waals surface area contributed by atoms with Crippen molar-refractivity contribution in [2.24, 2.45) is 0 Å². The standard InChI is InChI=1S/C4H6BO3/c6-5(7)3-1-8-2-4(3)8/h1,4,6-7H,2H2/q+1. The molecule has 2 N–H and O–H groups in total. The summed E-state index contributed by atoms with van der Waals surface area (Å²) in [5.74, 6) is 0. The molecular weight excluding hydrogens is 107 g/mol. The number of hydrogen-bond acceptors (Lipinski definition) is 2. The second kappa shape index (κ2) is 1.09. The normalized spacial score (nSPS) is 30.5. The van der Waals surface area contributed by atoms with E-state index in [1.165, 1.54) is 0 Å². The molecule has 1 atom stereocenters. The van der Waals surface area contributed by atoms with E-state index in [1.54, 1.807) is 6.26 Å². The molecule has 2 heterocycles. The molecule has 2 aliphatic heterocycles. The van der Waals surface area contributed by atoms with Crippen LogP contribution in [0.4, 0.5) is 0 Å². The fourth-order valence-electron chi connectivity index (χ4n) is 0.942. The van der Waals surface area contributed by atoms with Crippen LogP contribution < -0.4 is 0 Å². The minimum absolute atomic E-state index is 0.301. The summed E-state index contributed by atoms with van der Waals surface area (Å²) >= 11 is 0. The van der Waals surface area contributed by atoms with Crippen LogP contribution in [0.5, 0.6) is 0 Å². The molecule has 0 aromatic carbocycles. The SMILES string of the molecule is OB(O)C1=C[O+]2CC12. The lowest BCUT2D eigenvalue weighted by atomic mass is 9.77. The second-order valence-electron chi connectivity index (χ2n) is 2.12. The van der Waals surface area contributed by atoms with Gasteiger partial charge in [0.25, 0.3) is 12.7 Å². The van der Waals surface area contributed by atoms with Crippen LogP contribution in [0.15, 0.2) is 11.7 Å². The maximum absolute atomic E-state index is 8.52. The van der Waals surface area contributed by atoms with Crippen molar-refractivity contribution in [1.29, 1.82) is 0 Å². The molecule has 0 saturated carbocycles. The van der Waals surface area contributed by atoms with Gasteiger partial charge in [-0.15, -0.1) is 0 Å². The predicted octanol–water partition coefficient (Wildman–Crippen LogP) is -1.17. The fraction of sp³-hybridized carbons (Fsp3) is 0.500. The highest BCUT2D eigenvalue weighted by Crippen LogP contribution is 2.41. The summed E-state index contributed by atoms with van der Waals surface area (Å²) < 4.78 is 2.72. The highest BCUT2D eigenvalue weighted by Gasteiger charge is 2.58. The van der Waals surface area contributed by atoms with Gasteiger partial charge in [-0.2, -0.15) is 0 Å². The lowest BCUT2D eigenvalue weighted by Gasteiger charge is -2.07. The molecule has 2 rings (SSSR count). The first-order chi connectivity index (χ1) is 3.79. The molecule has 2 aliphatic rings. The quantitative estimate of drug-likeness (QED) is 0.255. The molecule has 0 bridgehead atoms. The fourth-order valence-corrected chi connectivity index (χ4v) is 0.942. The Labute approximate surface area is 47.0 Å². The zero-order valence-corrected chi connectivity index (χ0v) is 4.24. The Morgan fingerprint density at radius 3 is 2.62 bits per heavy atom. The van der Waals surface area contributed by atoms with E-state index in [-0.39, 0.29) is 0 Å². The molecule has 0 aromatic rings. The van der Waals surface area contributed by atoms with Gasteiger partial charge in [-0.05, 0) is 0 Å². The van der Waals surface area contributed by atoms with E-state index in [4.69, 9.17) is 10.0 Å². The zero-order valence-electron chi connectivity index (χ0n) is 4.24. The molecule has 0 aromatic heterocycles. The van der Waals surface area contributed by atoms with Gasteiger partial charge in [0.2, 0.25) is 6.26 Å². The van der Waals surface area contributed by atoms with Gasteiger partial charge in [0.05, 0.1) is 0 Å². The minimum Gasteiger partial charge on any atom is -0.560 e. The summed E-state index contributed by atoms with van der Waals surface area (Å²) in [4.78, 5) is 0. The lowest BCUT2D eigenvalue weighted by Crippen LogP contribution is -2.24. The third-order valence-corrected chi connectivity index (χ3v) is 1.55. The Hall–Kier alpha value is -0.475. The molecule has 1 fully saturated rings. The lowest BCUT2D eigenvalue weighted by molar-refractivity contribution is 0.136. The molecule has 0 spiro atoms. The highest BCUT2D eigenvalue weighted by atomic mass is 16.8. The molecule has 8 heavy (non-hydrogen) atoms. The van der Waals surface area contributed by atoms with Crippen LogP contribution >= 0.6 is 0 Å². The predicted molar refractivity (Wildman–Crippen MR) is 28.0 cm³/mol. The summed E-state index contributed by atoms with van der Waals surface area (Å²) in [6.45, 7) is 0.910. The smallest absolute Gasteiger partial charge is 0.502 e. The van der Waals surface area contributed by atoms with Gasteiger partial charge in [-0.3, -0.25) is 0 Å². The van der Waals surface area contributed by atoms with E-state index in [0.717, 1.165) is 12.1 Å². The van der Waals surface area contributed by atoms with Crippen molar-refractivity contribution in [2.75, 3.05) is 6.61 Å². The minimum atomic E-state index is -1.23. The molecule has 42 valence electrons. The molecule has 0 radical (unpaired) electrons. The highest BCUT2D eigenvalue weighted by molar-refractivity contribution is 6.51. The number of epoxide rings is 1. The Kier molecular flexibility index (Phi) is 0.600. The van der Waals surface area contributed by atoms with E-state index >= 15 is 0 Å². The van der Waals surface area contributed by atoms with Crippen molar-refractivity contribution in [3.63, 3.8) is 0 Å². The van der Waals surface area contributed by atoms with Crippen LogP contribution in [0.25, 0.3) is 0 Å². The third kappa shape index (κ3) is 0.368. The maximum Gasteiger partial charge on any atom is 0.502 e. The molecule has 1 unspecified atom stereocenters. The molecule has 0 amide bonds. The number of hydrogen-bond donors (Lipinski definition) is 2. The van der Waals surface area contributed by atoms with Crippen LogP contribution in [-0.4, -0.2) is 29.9 Å². The van der Waals surface area contributed by atoms with E-state index in [2.05, 4.69) is 4.37 Å². The van der Waals surface area contributed by atoms with Gasteiger partial charge in [0, 0.05) is 0 Å². The zero-order chi connectivity index (χ0) is 5.72. The van der Waals surface area contributed by atoms with Crippen molar-refractivity contribution in [1.82, 2.24) is 0 Å². The van der Waals surface area contributed by atoms with Gasteiger partial charge < -0.3 is 14.4 Å². The first-order valence-electron chi connectivity index (χ1n) is 2.55. The third-order valence-electron chi connectivity index (χ3n) is 1.55. The number of rotatable bonds is 1. The van der Waals surface area contributed by atoms with Crippen LogP contribution in [0.3, 0.4) is 0 Å². The van der Waals surface area contributed by atoms with Crippen LogP contribution in [0.1, 0.15) is 0 Å². The molecule has 4 heteroatoms. The van der Waals surface area contributed by atoms with Crippen LogP contribution in [-0.2, 0) is 4.37 Å². The van der Waals surface area contributed by atoms with E-state index in [0.29, 0.717) is 6.10 Å².